The average Bonchev–Trinajstić information content (AvgIpc) is 2.36. The molecular weight excluding hydrogens is 276 g/mol. The molecule has 21 heavy (non-hydrogen) atoms. The molecule has 0 heterocycles. The number of hydrogen-bond acceptors (Lipinski definition) is 3. The number of carbonyl (C=O) groups excluding carboxylic acids is 1. The molecule has 0 aliphatic heterocycles. The van der Waals surface area contributed by atoms with E-state index in [2.05, 4.69) is 4.90 Å². The molecule has 6 heteroatoms. The maximum absolute atomic E-state index is 13.9. The Morgan fingerprint density at radius 1 is 1.29 bits per heavy atom. The summed E-state index contributed by atoms with van der Waals surface area (Å²) in [5.41, 5.74) is 4.64. The van der Waals surface area contributed by atoms with Crippen molar-refractivity contribution in [1.82, 2.24) is 9.80 Å². The maximum Gasteiger partial charge on any atom is 0.256 e. The highest BCUT2D eigenvalue weighted by atomic mass is 19.1. The highest BCUT2D eigenvalue weighted by molar-refractivity contribution is 5.95. The third-order valence-electron chi connectivity index (χ3n) is 4.41. The van der Waals surface area contributed by atoms with Gasteiger partial charge in [-0.1, -0.05) is 0 Å². The second-order valence-corrected chi connectivity index (χ2v) is 5.99. The van der Waals surface area contributed by atoms with Crippen molar-refractivity contribution in [3.05, 3.63) is 29.3 Å². The lowest BCUT2D eigenvalue weighted by Gasteiger charge is -2.49. The summed E-state index contributed by atoms with van der Waals surface area (Å²) in [4.78, 5) is 15.9. The number of rotatable bonds is 4. The number of anilines is 1. The van der Waals surface area contributed by atoms with E-state index in [1.807, 2.05) is 14.1 Å². The molecule has 0 unspecified atom stereocenters. The van der Waals surface area contributed by atoms with Crippen LogP contribution in [-0.4, -0.2) is 48.9 Å². The molecule has 1 aromatic carbocycles. The average molecular weight is 297 g/mol. The molecule has 4 nitrogen and oxygen atoms in total. The van der Waals surface area contributed by atoms with Crippen LogP contribution >= 0.6 is 0 Å². The molecule has 2 rings (SSSR count). The number of amides is 1. The molecule has 0 bridgehead atoms. The molecule has 1 saturated carbocycles. The molecule has 0 aromatic heterocycles. The Hall–Kier alpha value is -1.69. The summed E-state index contributed by atoms with van der Waals surface area (Å²) in [5.74, 6) is -2.12. The van der Waals surface area contributed by atoms with E-state index in [-0.39, 0.29) is 16.8 Å². The molecule has 116 valence electrons. The number of benzene rings is 1. The van der Waals surface area contributed by atoms with Crippen molar-refractivity contribution >= 4 is 11.6 Å². The second kappa shape index (κ2) is 5.60. The van der Waals surface area contributed by atoms with Crippen molar-refractivity contribution in [3.8, 4) is 0 Å². The van der Waals surface area contributed by atoms with Crippen molar-refractivity contribution in [2.45, 2.75) is 24.8 Å². The van der Waals surface area contributed by atoms with Crippen molar-refractivity contribution in [2.75, 3.05) is 33.4 Å². The van der Waals surface area contributed by atoms with Crippen LogP contribution < -0.4 is 5.73 Å². The molecule has 0 radical (unpaired) electrons. The number of halogens is 2. The van der Waals surface area contributed by atoms with Crippen molar-refractivity contribution in [2.24, 2.45) is 0 Å². The highest BCUT2D eigenvalue weighted by Gasteiger charge is 2.41. The number of hydrogen-bond donors (Lipinski definition) is 1. The first-order valence-electron chi connectivity index (χ1n) is 6.94. The van der Waals surface area contributed by atoms with E-state index >= 15 is 0 Å². The fourth-order valence-electron chi connectivity index (χ4n) is 2.82. The number of likely N-dealkylation sites (N-methyl/N-ethyl adjacent to an activating group) is 2. The Labute approximate surface area is 123 Å². The van der Waals surface area contributed by atoms with Crippen LogP contribution in [0.15, 0.2) is 12.1 Å². The summed E-state index contributed by atoms with van der Waals surface area (Å²) in [5, 5.41) is 0. The van der Waals surface area contributed by atoms with Gasteiger partial charge in [-0.05, 0) is 45.5 Å². The normalized spacial score (nSPS) is 16.7. The first-order valence-corrected chi connectivity index (χ1v) is 6.94. The molecule has 0 atom stereocenters. The van der Waals surface area contributed by atoms with Gasteiger partial charge >= 0.3 is 0 Å². The molecule has 1 fully saturated rings. The fourth-order valence-corrected chi connectivity index (χ4v) is 2.82. The van der Waals surface area contributed by atoms with Gasteiger partial charge in [0.2, 0.25) is 0 Å². The van der Waals surface area contributed by atoms with Crippen molar-refractivity contribution in [3.63, 3.8) is 0 Å². The monoisotopic (exact) mass is 297 g/mol. The van der Waals surface area contributed by atoms with Gasteiger partial charge in [0.15, 0.2) is 5.82 Å². The molecule has 1 aromatic rings. The first-order chi connectivity index (χ1) is 9.77. The minimum Gasteiger partial charge on any atom is -0.396 e. The van der Waals surface area contributed by atoms with E-state index in [0.717, 1.165) is 31.4 Å². The smallest absolute Gasteiger partial charge is 0.256 e. The zero-order valence-corrected chi connectivity index (χ0v) is 12.6. The Bertz CT molecular complexity index is 556. The van der Waals surface area contributed by atoms with Crippen LogP contribution in [0.3, 0.4) is 0 Å². The topological polar surface area (TPSA) is 49.6 Å². The first kappa shape index (κ1) is 15.7. The van der Waals surface area contributed by atoms with Gasteiger partial charge in [0.25, 0.3) is 5.91 Å². The van der Waals surface area contributed by atoms with E-state index in [1.54, 1.807) is 7.05 Å². The van der Waals surface area contributed by atoms with E-state index in [0.29, 0.717) is 6.54 Å². The van der Waals surface area contributed by atoms with Crippen molar-refractivity contribution in [1.29, 1.82) is 0 Å². The van der Waals surface area contributed by atoms with Gasteiger partial charge in [-0.2, -0.15) is 0 Å². The zero-order chi connectivity index (χ0) is 15.8. The van der Waals surface area contributed by atoms with Crippen LogP contribution in [0.1, 0.15) is 29.6 Å². The summed E-state index contributed by atoms with van der Waals surface area (Å²) in [7, 11) is 5.54. The van der Waals surface area contributed by atoms with Crippen molar-refractivity contribution < 1.29 is 13.6 Å². The quantitative estimate of drug-likeness (QED) is 0.866. The Kier molecular flexibility index (Phi) is 4.18. The standard InChI is InChI=1S/C15H21F2N3O/c1-19(2)15(5-4-6-15)9-20(3)14(21)11-7-10(16)8-12(18)13(11)17/h7-8H,4-6,9,18H2,1-3H3. The molecule has 2 N–H and O–H groups in total. The molecule has 0 spiro atoms. The molecule has 1 aliphatic carbocycles. The fraction of sp³-hybridized carbons (Fsp3) is 0.533. The van der Waals surface area contributed by atoms with Gasteiger partial charge in [0.05, 0.1) is 11.3 Å². The van der Waals surface area contributed by atoms with Gasteiger partial charge < -0.3 is 15.5 Å². The lowest BCUT2D eigenvalue weighted by Crippen LogP contribution is -2.57. The van der Waals surface area contributed by atoms with Crippen LogP contribution in [0.5, 0.6) is 0 Å². The summed E-state index contributed by atoms with van der Waals surface area (Å²) >= 11 is 0. The predicted octanol–water partition coefficient (Wildman–Crippen LogP) is 2.10. The SMILES string of the molecule is CN(CC1(N(C)C)CCC1)C(=O)c1cc(F)cc(N)c1F. The Morgan fingerprint density at radius 2 is 1.90 bits per heavy atom. The number of nitrogen functional groups attached to an aromatic ring is 1. The van der Waals surface area contributed by atoms with E-state index < -0.39 is 17.5 Å². The Morgan fingerprint density at radius 3 is 2.38 bits per heavy atom. The minimum atomic E-state index is -0.860. The highest BCUT2D eigenvalue weighted by Crippen LogP contribution is 2.37. The largest absolute Gasteiger partial charge is 0.396 e. The molecule has 1 aliphatic rings. The molecule has 0 saturated heterocycles. The predicted molar refractivity (Wildman–Crippen MR) is 78.0 cm³/mol. The van der Waals surface area contributed by atoms with Gasteiger partial charge in [0.1, 0.15) is 5.82 Å². The number of carbonyl (C=O) groups is 1. The van der Waals surface area contributed by atoms with E-state index in [4.69, 9.17) is 5.73 Å². The third kappa shape index (κ3) is 2.85. The number of nitrogens with zero attached hydrogens (tertiary/aromatic N) is 2. The lowest BCUT2D eigenvalue weighted by atomic mass is 9.75. The lowest BCUT2D eigenvalue weighted by molar-refractivity contribution is 0.0250. The van der Waals surface area contributed by atoms with E-state index in [9.17, 15) is 13.6 Å². The second-order valence-electron chi connectivity index (χ2n) is 5.99. The molecular formula is C15H21F2N3O. The Balaban J connectivity index is 2.20. The summed E-state index contributed by atoms with van der Waals surface area (Å²) in [6.07, 6.45) is 3.10. The summed E-state index contributed by atoms with van der Waals surface area (Å²) in [6, 6.07) is 1.77. The van der Waals surface area contributed by atoms with Crippen LogP contribution in [-0.2, 0) is 0 Å². The minimum absolute atomic E-state index is 0.0697. The van der Waals surface area contributed by atoms with Crippen LogP contribution in [0.25, 0.3) is 0 Å². The summed E-state index contributed by atoms with van der Waals surface area (Å²) in [6.45, 7) is 0.481. The maximum atomic E-state index is 13.9. The molecule has 1 amide bonds. The van der Waals surface area contributed by atoms with Crippen LogP contribution in [0.2, 0.25) is 0 Å². The van der Waals surface area contributed by atoms with E-state index in [1.165, 1.54) is 4.90 Å². The van der Waals surface area contributed by atoms with Gasteiger partial charge in [-0.25, -0.2) is 8.78 Å². The van der Waals surface area contributed by atoms with Gasteiger partial charge in [-0.15, -0.1) is 0 Å². The van der Waals surface area contributed by atoms with Crippen LogP contribution in [0.4, 0.5) is 14.5 Å². The van der Waals surface area contributed by atoms with Gasteiger partial charge in [0, 0.05) is 19.1 Å². The zero-order valence-electron chi connectivity index (χ0n) is 12.6. The van der Waals surface area contributed by atoms with Crippen LogP contribution in [0, 0.1) is 11.6 Å². The third-order valence-corrected chi connectivity index (χ3v) is 4.41. The number of nitrogens with two attached hydrogens (primary N) is 1. The van der Waals surface area contributed by atoms with Gasteiger partial charge in [-0.3, -0.25) is 4.79 Å². The summed E-state index contributed by atoms with van der Waals surface area (Å²) < 4.78 is 27.3.